The molecule has 1 saturated carbocycles. The van der Waals surface area contributed by atoms with E-state index < -0.39 is 0 Å². The molecule has 2 aromatic rings. The Morgan fingerprint density at radius 3 is 2.50 bits per heavy atom. The van der Waals surface area contributed by atoms with Gasteiger partial charge < -0.3 is 4.57 Å². The highest BCUT2D eigenvalue weighted by Crippen LogP contribution is 2.48. The lowest BCUT2D eigenvalue weighted by Crippen LogP contribution is -1.97. The minimum atomic E-state index is 0.774. The Kier molecular flexibility index (Phi) is 2.60. The summed E-state index contributed by atoms with van der Waals surface area (Å²) in [5, 5.41) is 0. The molecule has 1 aliphatic carbocycles. The molecule has 0 amide bonds. The Labute approximate surface area is 104 Å². The van der Waals surface area contributed by atoms with Crippen LogP contribution >= 0.6 is 15.9 Å². The SMILES string of the molecule is Brc1ccc([C@H]2C[C@@H]2Cn2cccc2)cc1. The first kappa shape index (κ1) is 10.2. The molecule has 3 rings (SSSR count). The van der Waals surface area contributed by atoms with E-state index in [1.165, 1.54) is 16.5 Å². The van der Waals surface area contributed by atoms with Crippen molar-refractivity contribution in [3.8, 4) is 0 Å². The van der Waals surface area contributed by atoms with Crippen LogP contribution in [0.5, 0.6) is 0 Å². The van der Waals surface area contributed by atoms with Crippen LogP contribution in [-0.2, 0) is 6.54 Å². The molecule has 0 aliphatic heterocycles. The first-order valence-electron chi connectivity index (χ1n) is 5.69. The number of halogens is 1. The number of nitrogens with zero attached hydrogens (tertiary/aromatic N) is 1. The van der Waals surface area contributed by atoms with Gasteiger partial charge in [-0.15, -0.1) is 0 Å². The molecule has 16 heavy (non-hydrogen) atoms. The maximum atomic E-state index is 3.47. The van der Waals surface area contributed by atoms with Gasteiger partial charge in [-0.3, -0.25) is 0 Å². The van der Waals surface area contributed by atoms with E-state index in [1.54, 1.807) is 0 Å². The summed E-state index contributed by atoms with van der Waals surface area (Å²) in [6, 6.07) is 12.9. The summed E-state index contributed by atoms with van der Waals surface area (Å²) in [5.74, 6) is 1.60. The van der Waals surface area contributed by atoms with Gasteiger partial charge in [0.05, 0.1) is 0 Å². The van der Waals surface area contributed by atoms with Crippen molar-refractivity contribution in [3.05, 3.63) is 58.8 Å². The number of hydrogen-bond acceptors (Lipinski definition) is 0. The molecule has 1 nitrogen and oxygen atoms in total. The van der Waals surface area contributed by atoms with E-state index in [9.17, 15) is 0 Å². The van der Waals surface area contributed by atoms with E-state index in [0.717, 1.165) is 18.4 Å². The number of rotatable bonds is 3. The molecule has 0 spiro atoms. The number of aromatic nitrogens is 1. The molecule has 1 fully saturated rings. The van der Waals surface area contributed by atoms with E-state index in [0.29, 0.717) is 0 Å². The third-order valence-electron chi connectivity index (χ3n) is 3.33. The van der Waals surface area contributed by atoms with Crippen molar-refractivity contribution >= 4 is 15.9 Å². The molecule has 1 heterocycles. The Morgan fingerprint density at radius 2 is 1.81 bits per heavy atom. The fourth-order valence-electron chi connectivity index (χ4n) is 2.33. The molecule has 0 unspecified atom stereocenters. The van der Waals surface area contributed by atoms with Crippen molar-refractivity contribution in [3.63, 3.8) is 0 Å². The fraction of sp³-hybridized carbons (Fsp3) is 0.286. The van der Waals surface area contributed by atoms with Gasteiger partial charge in [0.1, 0.15) is 0 Å². The van der Waals surface area contributed by atoms with E-state index >= 15 is 0 Å². The minimum Gasteiger partial charge on any atom is -0.354 e. The zero-order chi connectivity index (χ0) is 11.0. The monoisotopic (exact) mass is 275 g/mol. The largest absolute Gasteiger partial charge is 0.354 e. The predicted octanol–water partition coefficient (Wildman–Crippen LogP) is 4.05. The van der Waals surface area contributed by atoms with Crippen molar-refractivity contribution in [2.45, 2.75) is 18.9 Å². The van der Waals surface area contributed by atoms with Gasteiger partial charge in [0, 0.05) is 23.4 Å². The second-order valence-corrected chi connectivity index (χ2v) is 5.45. The zero-order valence-corrected chi connectivity index (χ0v) is 10.6. The maximum Gasteiger partial charge on any atom is 0.0253 e. The van der Waals surface area contributed by atoms with Crippen LogP contribution in [0.2, 0.25) is 0 Å². The molecule has 0 saturated heterocycles. The predicted molar refractivity (Wildman–Crippen MR) is 69.4 cm³/mol. The first-order chi connectivity index (χ1) is 7.83. The molecular weight excluding hydrogens is 262 g/mol. The van der Waals surface area contributed by atoms with Crippen LogP contribution in [0.15, 0.2) is 53.3 Å². The highest BCUT2D eigenvalue weighted by Gasteiger charge is 2.37. The molecule has 0 N–H and O–H groups in total. The Balaban J connectivity index is 1.65. The highest BCUT2D eigenvalue weighted by atomic mass is 79.9. The summed E-state index contributed by atoms with van der Waals surface area (Å²) < 4.78 is 3.45. The molecular formula is C14H14BrN. The molecule has 2 heteroatoms. The normalized spacial score (nSPS) is 23.3. The van der Waals surface area contributed by atoms with Crippen molar-refractivity contribution in [1.82, 2.24) is 4.57 Å². The smallest absolute Gasteiger partial charge is 0.0253 e. The second-order valence-electron chi connectivity index (χ2n) is 4.53. The van der Waals surface area contributed by atoms with Crippen LogP contribution in [-0.4, -0.2) is 4.57 Å². The molecule has 2 atom stereocenters. The first-order valence-corrected chi connectivity index (χ1v) is 6.48. The summed E-state index contributed by atoms with van der Waals surface area (Å²) in [7, 11) is 0. The van der Waals surface area contributed by atoms with Crippen molar-refractivity contribution in [2.75, 3.05) is 0 Å². The topological polar surface area (TPSA) is 4.93 Å². The molecule has 0 radical (unpaired) electrons. The number of benzene rings is 1. The van der Waals surface area contributed by atoms with E-state index in [4.69, 9.17) is 0 Å². The summed E-state index contributed by atoms with van der Waals surface area (Å²) >= 11 is 3.47. The zero-order valence-electron chi connectivity index (χ0n) is 9.01. The standard InChI is InChI=1S/C14H14BrN/c15-13-5-3-11(4-6-13)14-9-12(14)10-16-7-1-2-8-16/h1-8,12,14H,9-10H2/t12-,14-/m1/s1. The molecule has 1 aliphatic rings. The number of hydrogen-bond donors (Lipinski definition) is 0. The average molecular weight is 276 g/mol. The molecule has 1 aromatic carbocycles. The summed E-state index contributed by atoms with van der Waals surface area (Å²) in [6.07, 6.45) is 5.63. The minimum absolute atomic E-state index is 0.774. The van der Waals surface area contributed by atoms with Crippen LogP contribution in [0, 0.1) is 5.92 Å². The van der Waals surface area contributed by atoms with Gasteiger partial charge in [-0.25, -0.2) is 0 Å². The third kappa shape index (κ3) is 2.07. The van der Waals surface area contributed by atoms with Crippen LogP contribution in [0.1, 0.15) is 17.9 Å². The third-order valence-corrected chi connectivity index (χ3v) is 3.86. The van der Waals surface area contributed by atoms with Crippen LogP contribution in [0.25, 0.3) is 0 Å². The van der Waals surface area contributed by atoms with Gasteiger partial charge in [0.15, 0.2) is 0 Å². The summed E-state index contributed by atoms with van der Waals surface area (Å²) in [5.41, 5.74) is 1.49. The van der Waals surface area contributed by atoms with Crippen LogP contribution < -0.4 is 0 Å². The maximum absolute atomic E-state index is 3.47. The fourth-order valence-corrected chi connectivity index (χ4v) is 2.59. The molecule has 0 bridgehead atoms. The molecule has 1 aromatic heterocycles. The Hall–Kier alpha value is -1.02. The van der Waals surface area contributed by atoms with Crippen LogP contribution in [0.4, 0.5) is 0 Å². The molecule has 82 valence electrons. The van der Waals surface area contributed by atoms with Gasteiger partial charge in [0.25, 0.3) is 0 Å². The van der Waals surface area contributed by atoms with E-state index in [2.05, 4.69) is 69.3 Å². The quantitative estimate of drug-likeness (QED) is 0.796. The summed E-state index contributed by atoms with van der Waals surface area (Å²) in [6.45, 7) is 1.16. The lowest BCUT2D eigenvalue weighted by molar-refractivity contribution is 0.615. The lowest BCUT2D eigenvalue weighted by atomic mass is 10.1. The van der Waals surface area contributed by atoms with Crippen molar-refractivity contribution < 1.29 is 0 Å². The van der Waals surface area contributed by atoms with Crippen molar-refractivity contribution in [1.29, 1.82) is 0 Å². The highest BCUT2D eigenvalue weighted by molar-refractivity contribution is 9.10. The Morgan fingerprint density at radius 1 is 1.12 bits per heavy atom. The van der Waals surface area contributed by atoms with Crippen LogP contribution in [0.3, 0.4) is 0 Å². The van der Waals surface area contributed by atoms with E-state index in [1.807, 2.05) is 0 Å². The summed E-state index contributed by atoms with van der Waals surface area (Å²) in [4.78, 5) is 0. The average Bonchev–Trinajstić information content (AvgIpc) is 2.85. The van der Waals surface area contributed by atoms with Gasteiger partial charge >= 0.3 is 0 Å². The Bertz CT molecular complexity index is 458. The second kappa shape index (κ2) is 4.10. The van der Waals surface area contributed by atoms with Gasteiger partial charge in [-0.05, 0) is 48.1 Å². The van der Waals surface area contributed by atoms with Gasteiger partial charge in [-0.1, -0.05) is 28.1 Å². The van der Waals surface area contributed by atoms with Gasteiger partial charge in [0.2, 0.25) is 0 Å². The lowest BCUT2D eigenvalue weighted by Gasteiger charge is -2.02. The van der Waals surface area contributed by atoms with Crippen molar-refractivity contribution in [2.24, 2.45) is 5.92 Å². The van der Waals surface area contributed by atoms with E-state index in [-0.39, 0.29) is 0 Å². The van der Waals surface area contributed by atoms with Gasteiger partial charge in [-0.2, -0.15) is 0 Å².